The highest BCUT2D eigenvalue weighted by Gasteiger charge is 2.26. The summed E-state index contributed by atoms with van der Waals surface area (Å²) >= 11 is 0. The van der Waals surface area contributed by atoms with Gasteiger partial charge in [0.25, 0.3) is 5.56 Å². The largest absolute Gasteiger partial charge is 0.462 e. The Morgan fingerprint density at radius 2 is 1.81 bits per heavy atom. The molecule has 26 heavy (non-hydrogen) atoms. The molecule has 0 unspecified atom stereocenters. The van der Waals surface area contributed by atoms with Crippen LogP contribution in [0.4, 0.5) is 0 Å². The molecule has 2 aromatic heterocycles. The molecule has 136 valence electrons. The van der Waals surface area contributed by atoms with Crippen molar-refractivity contribution in [3.63, 3.8) is 0 Å². The van der Waals surface area contributed by atoms with Crippen LogP contribution in [-0.2, 0) is 11.3 Å². The van der Waals surface area contributed by atoms with Crippen molar-refractivity contribution in [3.05, 3.63) is 49.7 Å². The van der Waals surface area contributed by atoms with Crippen LogP contribution in [-0.4, -0.2) is 33.1 Å². The zero-order chi connectivity index (χ0) is 19.6. The molecule has 0 aliphatic carbocycles. The van der Waals surface area contributed by atoms with Gasteiger partial charge >= 0.3 is 5.97 Å². The van der Waals surface area contributed by atoms with Gasteiger partial charge in [-0.1, -0.05) is 0 Å². The number of ketones is 1. The molecule has 0 atom stereocenters. The number of nitrogens with one attached hydrogen (secondary N) is 1. The highest BCUT2D eigenvalue weighted by Crippen LogP contribution is 2.20. The van der Waals surface area contributed by atoms with Crippen LogP contribution in [0.5, 0.6) is 0 Å². The number of carbonyl (C=O) groups excluding carboxylic acids is 2. The maximum atomic E-state index is 12.8. The van der Waals surface area contributed by atoms with Crippen molar-refractivity contribution < 1.29 is 14.3 Å². The molecule has 0 saturated carbocycles. The van der Waals surface area contributed by atoms with Gasteiger partial charge in [-0.25, -0.2) is 9.48 Å². The van der Waals surface area contributed by atoms with Gasteiger partial charge in [-0.2, -0.15) is 10.4 Å². The molecule has 2 heterocycles. The first kappa shape index (κ1) is 19.1. The number of esters is 1. The highest BCUT2D eigenvalue weighted by atomic mass is 16.5. The predicted octanol–water partition coefficient (Wildman–Crippen LogP) is 1.74. The molecule has 0 bridgehead atoms. The Hall–Kier alpha value is -3.21. The van der Waals surface area contributed by atoms with Gasteiger partial charge in [0.05, 0.1) is 23.4 Å². The molecule has 0 aliphatic rings. The van der Waals surface area contributed by atoms with Crippen molar-refractivity contribution in [1.29, 1.82) is 5.26 Å². The Morgan fingerprint density at radius 1 is 1.19 bits per heavy atom. The molecule has 8 nitrogen and oxygen atoms in total. The van der Waals surface area contributed by atoms with Gasteiger partial charge in [0.15, 0.2) is 5.78 Å². The van der Waals surface area contributed by atoms with Crippen molar-refractivity contribution in [1.82, 2.24) is 14.8 Å². The van der Waals surface area contributed by atoms with E-state index in [0.717, 1.165) is 4.68 Å². The molecule has 0 aliphatic heterocycles. The molecule has 2 rings (SSSR count). The summed E-state index contributed by atoms with van der Waals surface area (Å²) in [5.41, 5.74) is 1.65. The summed E-state index contributed by atoms with van der Waals surface area (Å²) in [5.74, 6) is -1.06. The Morgan fingerprint density at radius 3 is 2.38 bits per heavy atom. The van der Waals surface area contributed by atoms with Crippen molar-refractivity contribution in [3.8, 4) is 6.07 Å². The van der Waals surface area contributed by atoms with Crippen LogP contribution in [0.3, 0.4) is 0 Å². The predicted molar refractivity (Wildman–Crippen MR) is 93.2 cm³/mol. The van der Waals surface area contributed by atoms with E-state index in [4.69, 9.17) is 4.74 Å². The molecule has 0 fully saturated rings. The Bertz CT molecular complexity index is 992. The van der Waals surface area contributed by atoms with Gasteiger partial charge in [-0.15, -0.1) is 0 Å². The first-order valence-electron chi connectivity index (χ1n) is 8.10. The van der Waals surface area contributed by atoms with E-state index in [2.05, 4.69) is 10.1 Å². The number of aromatic amines is 1. The lowest BCUT2D eigenvalue weighted by Gasteiger charge is -2.09. The second-order valence-corrected chi connectivity index (χ2v) is 5.93. The third kappa shape index (κ3) is 3.28. The van der Waals surface area contributed by atoms with Crippen LogP contribution >= 0.6 is 0 Å². The Kier molecular flexibility index (Phi) is 5.41. The highest BCUT2D eigenvalue weighted by molar-refractivity contribution is 6.08. The Balaban J connectivity index is 2.51. The van der Waals surface area contributed by atoms with E-state index in [1.807, 2.05) is 6.07 Å². The molecule has 0 aromatic carbocycles. The summed E-state index contributed by atoms with van der Waals surface area (Å²) in [5, 5.41) is 13.3. The monoisotopic (exact) mass is 356 g/mol. The molecular formula is C18H20N4O4. The van der Waals surface area contributed by atoms with Gasteiger partial charge in [0, 0.05) is 11.4 Å². The number of nitrogens with zero attached hydrogens (tertiary/aromatic N) is 3. The average Bonchev–Trinajstić information content (AvgIpc) is 2.87. The van der Waals surface area contributed by atoms with E-state index in [1.54, 1.807) is 34.6 Å². The van der Waals surface area contributed by atoms with Crippen LogP contribution in [0.2, 0.25) is 0 Å². The lowest BCUT2D eigenvalue weighted by Crippen LogP contribution is -2.31. The van der Waals surface area contributed by atoms with Crippen molar-refractivity contribution in [2.24, 2.45) is 0 Å². The molecule has 0 amide bonds. The third-order valence-corrected chi connectivity index (χ3v) is 4.18. The van der Waals surface area contributed by atoms with E-state index in [1.165, 1.54) is 0 Å². The van der Waals surface area contributed by atoms with Crippen LogP contribution in [0.25, 0.3) is 0 Å². The van der Waals surface area contributed by atoms with Crippen molar-refractivity contribution >= 4 is 11.8 Å². The summed E-state index contributed by atoms with van der Waals surface area (Å²) < 4.78 is 5.98. The molecule has 0 spiro atoms. The SMILES string of the molecule is CCOC(=O)c1c(C)[nH]c(C)c1C(=O)Cn1nc(C)c(C)c(C#N)c1=O. The van der Waals surface area contributed by atoms with Crippen molar-refractivity contribution in [2.75, 3.05) is 6.61 Å². The molecule has 0 radical (unpaired) electrons. The fourth-order valence-corrected chi connectivity index (χ4v) is 2.81. The fourth-order valence-electron chi connectivity index (χ4n) is 2.81. The number of hydrogen-bond acceptors (Lipinski definition) is 6. The van der Waals surface area contributed by atoms with E-state index >= 15 is 0 Å². The average molecular weight is 356 g/mol. The number of Topliss-reactive ketones (excluding diaryl/α,β-unsaturated/α-hetero) is 1. The first-order valence-corrected chi connectivity index (χ1v) is 8.10. The molecule has 1 N–H and O–H groups in total. The minimum absolute atomic E-state index is 0.0436. The maximum Gasteiger partial charge on any atom is 0.340 e. The molecular weight excluding hydrogens is 336 g/mol. The van der Waals surface area contributed by atoms with E-state index in [-0.39, 0.29) is 29.8 Å². The van der Waals surface area contributed by atoms with Crippen LogP contribution in [0.15, 0.2) is 4.79 Å². The van der Waals surface area contributed by atoms with Gasteiger partial charge in [0.2, 0.25) is 0 Å². The van der Waals surface area contributed by atoms with Crippen LogP contribution in [0.1, 0.15) is 55.8 Å². The van der Waals surface area contributed by atoms with Crippen LogP contribution in [0, 0.1) is 39.0 Å². The quantitative estimate of drug-likeness (QED) is 0.644. The number of ether oxygens (including phenoxy) is 1. The minimum atomic E-state index is -0.633. The number of aromatic nitrogens is 3. The van der Waals surface area contributed by atoms with Gasteiger partial charge < -0.3 is 9.72 Å². The molecule has 0 saturated heterocycles. The molecule has 8 heteroatoms. The number of H-pyrrole nitrogens is 1. The molecule has 2 aromatic rings. The number of hydrogen-bond donors (Lipinski definition) is 1. The lowest BCUT2D eigenvalue weighted by atomic mass is 10.0. The summed E-state index contributed by atoms with van der Waals surface area (Å²) in [6, 6.07) is 1.85. The normalized spacial score (nSPS) is 10.5. The van der Waals surface area contributed by atoms with E-state index < -0.39 is 17.3 Å². The summed E-state index contributed by atoms with van der Waals surface area (Å²) in [4.78, 5) is 40.4. The number of nitriles is 1. The maximum absolute atomic E-state index is 12.8. The minimum Gasteiger partial charge on any atom is -0.462 e. The topological polar surface area (TPSA) is 118 Å². The fraction of sp³-hybridized carbons (Fsp3) is 0.389. The lowest BCUT2D eigenvalue weighted by molar-refractivity contribution is 0.0522. The standard InChI is InChI=1S/C18H20N4O4/c1-6-26-18(25)16-12(5)20-11(4)15(16)14(23)8-22-17(24)13(7-19)9(2)10(3)21-22/h20H,6,8H2,1-5H3. The second-order valence-electron chi connectivity index (χ2n) is 5.93. The zero-order valence-corrected chi connectivity index (χ0v) is 15.4. The second kappa shape index (κ2) is 7.35. The van der Waals surface area contributed by atoms with E-state index in [0.29, 0.717) is 22.6 Å². The Labute approximate surface area is 150 Å². The van der Waals surface area contributed by atoms with Gasteiger partial charge in [0.1, 0.15) is 18.2 Å². The number of aryl methyl sites for hydroxylation is 3. The smallest absolute Gasteiger partial charge is 0.340 e. The van der Waals surface area contributed by atoms with Gasteiger partial charge in [-0.3, -0.25) is 9.59 Å². The number of rotatable bonds is 5. The van der Waals surface area contributed by atoms with Crippen LogP contribution < -0.4 is 5.56 Å². The first-order chi connectivity index (χ1) is 12.2. The van der Waals surface area contributed by atoms with Gasteiger partial charge in [-0.05, 0) is 40.2 Å². The summed E-state index contributed by atoms with van der Waals surface area (Å²) in [6.07, 6.45) is 0. The number of carbonyl (C=O) groups is 2. The summed E-state index contributed by atoms with van der Waals surface area (Å²) in [7, 11) is 0. The summed E-state index contributed by atoms with van der Waals surface area (Å²) in [6.45, 7) is 8.11. The van der Waals surface area contributed by atoms with E-state index in [9.17, 15) is 19.6 Å². The zero-order valence-electron chi connectivity index (χ0n) is 15.4. The third-order valence-electron chi connectivity index (χ3n) is 4.18. The van der Waals surface area contributed by atoms with Crippen molar-refractivity contribution in [2.45, 2.75) is 41.2 Å².